The molecule has 92 valence electrons. The van der Waals surface area contributed by atoms with Crippen LogP contribution in [0.15, 0.2) is 9.79 Å². The maximum absolute atomic E-state index is 11.9. The molecule has 1 amide bonds. The third-order valence-corrected chi connectivity index (χ3v) is 3.53. The lowest BCUT2D eigenvalue weighted by Crippen LogP contribution is -2.40. The number of hydrogen-bond acceptors (Lipinski definition) is 6. The van der Waals surface area contributed by atoms with Crippen molar-refractivity contribution in [1.82, 2.24) is 15.4 Å². The highest BCUT2D eigenvalue weighted by molar-refractivity contribution is 7.07. The monoisotopic (exact) mass is 256 g/mol. The fourth-order valence-corrected chi connectivity index (χ4v) is 2.47. The summed E-state index contributed by atoms with van der Waals surface area (Å²) in [7, 11) is 1.26. The molecule has 0 unspecified atom stereocenters. The first-order valence-electron chi connectivity index (χ1n) is 4.98. The van der Waals surface area contributed by atoms with E-state index in [9.17, 15) is 9.59 Å². The van der Waals surface area contributed by atoms with Crippen LogP contribution in [0.4, 0.5) is 4.79 Å². The number of carbonyl (C=O) groups excluding carboxylic acids is 1. The average molecular weight is 256 g/mol. The lowest BCUT2D eigenvalue weighted by atomic mass is 10.5. The highest BCUT2D eigenvalue weighted by atomic mass is 32.1. The number of thiazole rings is 1. The maximum atomic E-state index is 11.9. The van der Waals surface area contributed by atoms with E-state index in [1.54, 1.807) is 11.5 Å². The summed E-state index contributed by atoms with van der Waals surface area (Å²) in [5.74, 6) is 0. The Morgan fingerprint density at radius 3 is 2.94 bits per heavy atom. The second-order valence-corrected chi connectivity index (χ2v) is 4.40. The minimum Gasteiger partial charge on any atom is -0.452 e. The normalized spacial score (nSPS) is 14.7. The summed E-state index contributed by atoms with van der Waals surface area (Å²) in [6, 6.07) is 0. The standard InChI is InChI=1S/C9H12N4O3S/c1-5(11-12-9(15)16-2)6-7(14)13-4-3-10-8(13)17-6/h11H,3-4H2,1-2H3,(H,12,15)/b6-5+. The molecule has 0 saturated heterocycles. The van der Waals surface area contributed by atoms with E-state index in [1.807, 2.05) is 0 Å². The number of carbonyl (C=O) groups is 1. The predicted octanol–water partition coefficient (Wildman–Crippen LogP) is -1.47. The van der Waals surface area contributed by atoms with Crippen LogP contribution in [-0.2, 0) is 11.3 Å². The van der Waals surface area contributed by atoms with Gasteiger partial charge in [0.15, 0.2) is 4.80 Å². The van der Waals surface area contributed by atoms with Crippen molar-refractivity contribution in [3.8, 4) is 0 Å². The summed E-state index contributed by atoms with van der Waals surface area (Å²) in [6.07, 6.45) is -0.613. The molecule has 7 nitrogen and oxygen atoms in total. The molecular weight excluding hydrogens is 244 g/mol. The Bertz CT molecular complexity index is 615. The van der Waals surface area contributed by atoms with Crippen LogP contribution in [-0.4, -0.2) is 24.3 Å². The van der Waals surface area contributed by atoms with Crippen molar-refractivity contribution in [1.29, 1.82) is 0 Å². The molecule has 17 heavy (non-hydrogen) atoms. The van der Waals surface area contributed by atoms with Crippen LogP contribution in [0.2, 0.25) is 0 Å². The quantitative estimate of drug-likeness (QED) is 0.633. The first kappa shape index (κ1) is 11.6. The number of rotatable bonds is 2. The van der Waals surface area contributed by atoms with Crippen LogP contribution in [0.25, 0.3) is 5.70 Å². The Hall–Kier alpha value is -1.83. The van der Waals surface area contributed by atoms with Gasteiger partial charge >= 0.3 is 6.09 Å². The molecule has 0 atom stereocenters. The molecule has 0 aromatic carbocycles. The smallest absolute Gasteiger partial charge is 0.425 e. The maximum Gasteiger partial charge on any atom is 0.425 e. The van der Waals surface area contributed by atoms with Gasteiger partial charge in [0.1, 0.15) is 4.53 Å². The van der Waals surface area contributed by atoms with Crippen molar-refractivity contribution < 1.29 is 9.53 Å². The lowest BCUT2D eigenvalue weighted by molar-refractivity contribution is 0.168. The zero-order valence-electron chi connectivity index (χ0n) is 9.44. The fraction of sp³-hybridized carbons (Fsp3) is 0.444. The van der Waals surface area contributed by atoms with Gasteiger partial charge in [0.25, 0.3) is 5.56 Å². The molecular formula is C9H12N4O3S. The Kier molecular flexibility index (Phi) is 3.14. The van der Waals surface area contributed by atoms with Gasteiger partial charge in [-0.25, -0.2) is 10.2 Å². The second-order valence-electron chi connectivity index (χ2n) is 3.42. The highest BCUT2D eigenvalue weighted by Gasteiger charge is 2.11. The molecule has 2 N–H and O–H groups in total. The van der Waals surface area contributed by atoms with Crippen molar-refractivity contribution in [2.24, 2.45) is 4.99 Å². The average Bonchev–Trinajstić information content (AvgIpc) is 2.89. The van der Waals surface area contributed by atoms with Crippen LogP contribution < -0.4 is 25.7 Å². The molecule has 0 aliphatic carbocycles. The molecule has 2 rings (SSSR count). The van der Waals surface area contributed by atoms with E-state index < -0.39 is 6.09 Å². The number of fused-ring (bicyclic) bond motifs is 1. The first-order chi connectivity index (χ1) is 8.13. The van der Waals surface area contributed by atoms with E-state index in [2.05, 4.69) is 20.6 Å². The van der Waals surface area contributed by atoms with E-state index in [1.165, 1.54) is 18.4 Å². The summed E-state index contributed by atoms with van der Waals surface area (Å²) in [5, 5.41) is 0. The minimum absolute atomic E-state index is 0.0806. The van der Waals surface area contributed by atoms with Crippen molar-refractivity contribution in [2.45, 2.75) is 13.5 Å². The van der Waals surface area contributed by atoms with E-state index in [-0.39, 0.29) is 5.56 Å². The largest absolute Gasteiger partial charge is 0.452 e. The molecule has 1 aromatic rings. The third-order valence-electron chi connectivity index (χ3n) is 2.31. The lowest BCUT2D eigenvalue weighted by Gasteiger charge is -2.05. The van der Waals surface area contributed by atoms with Crippen molar-refractivity contribution in [3.63, 3.8) is 0 Å². The molecule has 1 aromatic heterocycles. The number of ether oxygens (including phenoxy) is 1. The van der Waals surface area contributed by atoms with Gasteiger partial charge in [-0.1, -0.05) is 11.3 Å². The zero-order valence-corrected chi connectivity index (χ0v) is 10.3. The van der Waals surface area contributed by atoms with Crippen LogP contribution in [0.3, 0.4) is 0 Å². The SMILES string of the molecule is COC(=O)NN/C(C)=c1/sc2n(c1=O)CCN=2. The molecule has 1 aliphatic rings. The molecule has 0 spiro atoms. The van der Waals surface area contributed by atoms with Gasteiger partial charge in [0, 0.05) is 6.54 Å². The summed E-state index contributed by atoms with van der Waals surface area (Å²) < 4.78 is 6.57. The zero-order chi connectivity index (χ0) is 12.4. The van der Waals surface area contributed by atoms with E-state index in [0.717, 1.165) is 4.80 Å². The molecule has 8 heteroatoms. The Morgan fingerprint density at radius 2 is 2.29 bits per heavy atom. The van der Waals surface area contributed by atoms with Gasteiger partial charge in [-0.2, -0.15) is 0 Å². The topological polar surface area (TPSA) is 84.7 Å². The third kappa shape index (κ3) is 2.16. The molecule has 1 aliphatic heterocycles. The summed E-state index contributed by atoms with van der Waals surface area (Å²) >= 11 is 1.31. The van der Waals surface area contributed by atoms with E-state index >= 15 is 0 Å². The second kappa shape index (κ2) is 4.58. The van der Waals surface area contributed by atoms with E-state index in [0.29, 0.717) is 23.3 Å². The Balaban J connectivity index is 2.32. The number of nitrogens with one attached hydrogen (secondary N) is 2. The molecule has 0 saturated carbocycles. The molecule has 0 bridgehead atoms. The van der Waals surface area contributed by atoms with Crippen molar-refractivity contribution in [3.05, 3.63) is 19.7 Å². The number of hydrogen-bond donors (Lipinski definition) is 2. The number of aromatic nitrogens is 1. The van der Waals surface area contributed by atoms with Crippen molar-refractivity contribution in [2.75, 3.05) is 13.7 Å². The van der Waals surface area contributed by atoms with Gasteiger partial charge in [0.2, 0.25) is 0 Å². The Labute approximate surface area is 100 Å². The molecule has 0 fully saturated rings. The van der Waals surface area contributed by atoms with Crippen LogP contribution in [0.5, 0.6) is 0 Å². The Morgan fingerprint density at radius 1 is 1.53 bits per heavy atom. The number of hydrazine groups is 1. The summed E-state index contributed by atoms with van der Waals surface area (Å²) in [6.45, 7) is 3.00. The van der Waals surface area contributed by atoms with Crippen LogP contribution in [0, 0.1) is 0 Å². The van der Waals surface area contributed by atoms with Crippen molar-refractivity contribution >= 4 is 23.1 Å². The molecule has 0 radical (unpaired) electrons. The predicted molar refractivity (Wildman–Crippen MR) is 62.0 cm³/mol. The van der Waals surface area contributed by atoms with Gasteiger partial charge in [0.05, 0.1) is 19.4 Å². The summed E-state index contributed by atoms with van der Waals surface area (Å²) in [5.41, 5.74) is 5.42. The number of amides is 1. The fourth-order valence-electron chi connectivity index (χ4n) is 1.45. The van der Waals surface area contributed by atoms with Gasteiger partial charge < -0.3 is 4.74 Å². The minimum atomic E-state index is -0.613. The summed E-state index contributed by atoms with van der Waals surface area (Å²) in [4.78, 5) is 27.7. The van der Waals surface area contributed by atoms with Crippen LogP contribution in [0.1, 0.15) is 6.92 Å². The first-order valence-corrected chi connectivity index (χ1v) is 5.80. The van der Waals surface area contributed by atoms with Crippen LogP contribution >= 0.6 is 11.3 Å². The van der Waals surface area contributed by atoms with E-state index in [4.69, 9.17) is 0 Å². The highest BCUT2D eigenvalue weighted by Crippen LogP contribution is 1.88. The molecule has 2 heterocycles. The van der Waals surface area contributed by atoms with Gasteiger partial charge in [-0.05, 0) is 6.92 Å². The van der Waals surface area contributed by atoms with Gasteiger partial charge in [-0.15, -0.1) is 0 Å². The number of nitrogens with zero attached hydrogens (tertiary/aromatic N) is 2. The number of methoxy groups -OCH3 is 1. The van der Waals surface area contributed by atoms with Gasteiger partial charge in [-0.3, -0.25) is 19.8 Å².